The molecule has 0 radical (unpaired) electrons. The molecular formula is C4H5NO2S. The van der Waals surface area contributed by atoms with E-state index >= 15 is 0 Å². The van der Waals surface area contributed by atoms with Crippen LogP contribution in [0.4, 0.5) is 4.79 Å². The summed E-state index contributed by atoms with van der Waals surface area (Å²) >= 11 is 4.52. The molecule has 8 heavy (non-hydrogen) atoms. The normalized spacial score (nSPS) is 26.5. The smallest absolute Gasteiger partial charge is 0.407 e. The van der Waals surface area contributed by atoms with Crippen molar-refractivity contribution in [3.63, 3.8) is 0 Å². The van der Waals surface area contributed by atoms with Gasteiger partial charge in [0.05, 0.1) is 6.54 Å². The molecule has 1 unspecified atom stereocenters. The lowest BCUT2D eigenvalue weighted by Gasteiger charge is -1.93. The van der Waals surface area contributed by atoms with Gasteiger partial charge < -0.3 is 10.1 Å². The Morgan fingerprint density at radius 1 is 2.00 bits per heavy atom. The lowest BCUT2D eigenvalue weighted by molar-refractivity contribution is 0.166. The molecule has 0 aromatic carbocycles. The summed E-state index contributed by atoms with van der Waals surface area (Å²) in [5.41, 5.74) is 0. The van der Waals surface area contributed by atoms with E-state index in [-0.39, 0.29) is 12.2 Å². The molecule has 4 heteroatoms. The first-order valence-corrected chi connectivity index (χ1v) is 2.70. The summed E-state index contributed by atoms with van der Waals surface area (Å²) < 4.78 is 4.60. The van der Waals surface area contributed by atoms with Gasteiger partial charge in [-0.15, -0.1) is 0 Å². The number of ether oxygens (including phenoxy) is 1. The Hall–Kier alpha value is -0.640. The van der Waals surface area contributed by atoms with E-state index in [1.807, 2.05) is 0 Å². The van der Waals surface area contributed by atoms with Crippen molar-refractivity contribution in [2.45, 2.75) is 6.10 Å². The molecule has 1 N–H and O–H groups in total. The van der Waals surface area contributed by atoms with Crippen LogP contribution in [0, 0.1) is 0 Å². The molecule has 1 aliphatic rings. The molecule has 44 valence electrons. The molecule has 1 aliphatic heterocycles. The highest BCUT2D eigenvalue weighted by Gasteiger charge is 2.18. The number of hydrogen-bond donors (Lipinski definition) is 1. The zero-order valence-corrected chi connectivity index (χ0v) is 4.90. The molecule has 0 bridgehead atoms. The third-order valence-corrected chi connectivity index (χ3v) is 1.16. The van der Waals surface area contributed by atoms with E-state index in [1.165, 1.54) is 5.37 Å². The summed E-state index contributed by atoms with van der Waals surface area (Å²) in [6.07, 6.45) is -0.575. The van der Waals surface area contributed by atoms with Crippen molar-refractivity contribution in [3.8, 4) is 0 Å². The fourth-order valence-electron chi connectivity index (χ4n) is 0.481. The first kappa shape index (κ1) is 5.50. The van der Waals surface area contributed by atoms with E-state index in [0.29, 0.717) is 6.54 Å². The van der Waals surface area contributed by atoms with Gasteiger partial charge in [0.1, 0.15) is 6.10 Å². The first-order valence-electron chi connectivity index (χ1n) is 2.22. The van der Waals surface area contributed by atoms with Crippen LogP contribution < -0.4 is 5.32 Å². The molecule has 0 aromatic heterocycles. The second-order valence-corrected chi connectivity index (χ2v) is 1.73. The van der Waals surface area contributed by atoms with E-state index in [4.69, 9.17) is 0 Å². The summed E-state index contributed by atoms with van der Waals surface area (Å²) in [6.45, 7) is 0.516. The highest BCUT2D eigenvalue weighted by Crippen LogP contribution is 1.95. The van der Waals surface area contributed by atoms with Gasteiger partial charge in [-0.3, -0.25) is 0 Å². The molecule has 3 nitrogen and oxygen atoms in total. The zero-order chi connectivity index (χ0) is 5.98. The minimum Gasteiger partial charge on any atom is -0.439 e. The van der Waals surface area contributed by atoms with Crippen molar-refractivity contribution in [3.05, 3.63) is 0 Å². The largest absolute Gasteiger partial charge is 0.439 e. The molecular weight excluding hydrogens is 126 g/mol. The van der Waals surface area contributed by atoms with Crippen LogP contribution in [-0.4, -0.2) is 24.1 Å². The first-order chi connectivity index (χ1) is 3.83. The number of amides is 1. The van der Waals surface area contributed by atoms with Gasteiger partial charge in [-0.05, 0) is 0 Å². The maximum Gasteiger partial charge on any atom is 0.407 e. The van der Waals surface area contributed by atoms with Crippen molar-refractivity contribution >= 4 is 23.7 Å². The van der Waals surface area contributed by atoms with Gasteiger partial charge in [0.25, 0.3) is 0 Å². The van der Waals surface area contributed by atoms with Crippen molar-refractivity contribution in [2.75, 3.05) is 6.54 Å². The van der Waals surface area contributed by atoms with Crippen LogP contribution in [-0.2, 0) is 4.74 Å². The predicted molar refractivity (Wildman–Crippen MR) is 31.9 cm³/mol. The van der Waals surface area contributed by atoms with Gasteiger partial charge in [0.15, 0.2) is 0 Å². The lowest BCUT2D eigenvalue weighted by atomic mass is 10.4. The number of carbonyl (C=O) groups is 1. The highest BCUT2D eigenvalue weighted by molar-refractivity contribution is 7.79. The molecule has 1 atom stereocenters. The zero-order valence-electron chi connectivity index (χ0n) is 4.09. The molecule has 1 saturated heterocycles. The van der Waals surface area contributed by atoms with E-state index in [1.54, 1.807) is 0 Å². The molecule has 0 spiro atoms. The minimum absolute atomic E-state index is 0.197. The number of cyclic esters (lactones) is 1. The lowest BCUT2D eigenvalue weighted by Crippen LogP contribution is -2.14. The molecule has 1 fully saturated rings. The summed E-state index contributed by atoms with van der Waals surface area (Å²) in [4.78, 5) is 10.2. The summed E-state index contributed by atoms with van der Waals surface area (Å²) in [5, 5.41) is 3.89. The summed E-state index contributed by atoms with van der Waals surface area (Å²) in [6, 6.07) is 0. The van der Waals surface area contributed by atoms with Crippen LogP contribution in [0.3, 0.4) is 0 Å². The minimum atomic E-state index is -0.379. The number of rotatable bonds is 1. The Kier molecular flexibility index (Phi) is 1.43. The summed E-state index contributed by atoms with van der Waals surface area (Å²) in [7, 11) is 0. The van der Waals surface area contributed by atoms with Crippen LogP contribution in [0.25, 0.3) is 0 Å². The monoisotopic (exact) mass is 131 g/mol. The fourth-order valence-corrected chi connectivity index (χ4v) is 0.632. The van der Waals surface area contributed by atoms with Crippen molar-refractivity contribution in [1.82, 2.24) is 5.32 Å². The standard InChI is InChI=1S/C4H5NO2S/c6-4-5-1-3(2-8)7-4/h2-3H,1H2,(H,5,6). The van der Waals surface area contributed by atoms with Gasteiger partial charge >= 0.3 is 6.09 Å². The third-order valence-electron chi connectivity index (χ3n) is 0.858. The van der Waals surface area contributed by atoms with Gasteiger partial charge in [-0.1, -0.05) is 12.2 Å². The Balaban J connectivity index is 2.43. The second-order valence-electron chi connectivity index (χ2n) is 1.46. The number of alkyl carbamates (subject to hydrolysis) is 1. The SMILES string of the molecule is O=C1NCC(C=S)O1. The number of nitrogens with one attached hydrogen (secondary N) is 1. The van der Waals surface area contributed by atoms with Crippen LogP contribution in [0.1, 0.15) is 0 Å². The number of thiocarbonyl (C=S) groups is 1. The number of carbonyl (C=O) groups excluding carboxylic acids is 1. The molecule has 0 aromatic rings. The Morgan fingerprint density at radius 3 is 3.00 bits per heavy atom. The van der Waals surface area contributed by atoms with E-state index < -0.39 is 0 Å². The number of hydrogen-bond acceptors (Lipinski definition) is 3. The van der Waals surface area contributed by atoms with Gasteiger partial charge in [-0.25, -0.2) is 4.79 Å². The van der Waals surface area contributed by atoms with Crippen molar-refractivity contribution in [1.29, 1.82) is 0 Å². The molecule has 0 saturated carbocycles. The molecule has 1 rings (SSSR count). The van der Waals surface area contributed by atoms with Gasteiger partial charge in [0, 0.05) is 5.37 Å². The Bertz CT molecular complexity index is 125. The molecule has 0 aliphatic carbocycles. The second kappa shape index (κ2) is 2.09. The Morgan fingerprint density at radius 2 is 2.75 bits per heavy atom. The maximum atomic E-state index is 10.2. The topological polar surface area (TPSA) is 38.3 Å². The molecule has 1 heterocycles. The van der Waals surface area contributed by atoms with Crippen LogP contribution in [0.2, 0.25) is 0 Å². The quantitative estimate of drug-likeness (QED) is 0.513. The van der Waals surface area contributed by atoms with Crippen molar-refractivity contribution in [2.24, 2.45) is 0 Å². The van der Waals surface area contributed by atoms with Crippen LogP contribution >= 0.6 is 12.2 Å². The average Bonchev–Trinajstić information content (AvgIpc) is 2.14. The van der Waals surface area contributed by atoms with E-state index in [9.17, 15) is 4.79 Å². The van der Waals surface area contributed by atoms with Crippen LogP contribution in [0.15, 0.2) is 0 Å². The van der Waals surface area contributed by atoms with E-state index in [2.05, 4.69) is 22.3 Å². The molecule has 1 amide bonds. The van der Waals surface area contributed by atoms with Gasteiger partial charge in [-0.2, -0.15) is 0 Å². The maximum absolute atomic E-state index is 10.2. The highest BCUT2D eigenvalue weighted by atomic mass is 32.1. The van der Waals surface area contributed by atoms with Gasteiger partial charge in [0.2, 0.25) is 0 Å². The van der Waals surface area contributed by atoms with Crippen molar-refractivity contribution < 1.29 is 9.53 Å². The predicted octanol–water partition coefficient (Wildman–Crippen LogP) is 0.0945. The third kappa shape index (κ3) is 0.949. The van der Waals surface area contributed by atoms with E-state index in [0.717, 1.165) is 0 Å². The Labute approximate surface area is 52.0 Å². The van der Waals surface area contributed by atoms with Crippen LogP contribution in [0.5, 0.6) is 0 Å². The average molecular weight is 131 g/mol. The summed E-state index contributed by atoms with van der Waals surface area (Å²) in [5.74, 6) is 0. The fraction of sp³-hybridized carbons (Fsp3) is 0.500.